The van der Waals surface area contributed by atoms with Gasteiger partial charge < -0.3 is 9.64 Å². The van der Waals surface area contributed by atoms with E-state index in [4.69, 9.17) is 28.6 Å². The van der Waals surface area contributed by atoms with E-state index < -0.39 is 0 Å². The van der Waals surface area contributed by atoms with Gasteiger partial charge in [-0.2, -0.15) is 5.11 Å². The Labute approximate surface area is 122 Å². The van der Waals surface area contributed by atoms with Gasteiger partial charge in [0.2, 0.25) is 5.11 Å². The number of ether oxygens (including phenoxy) is 1. The predicted molar refractivity (Wildman–Crippen MR) is 79.7 cm³/mol. The summed E-state index contributed by atoms with van der Waals surface area (Å²) in [5, 5.41) is 9.17. The Kier molecular flexibility index (Phi) is 4.50. The first kappa shape index (κ1) is 14.0. The molecule has 0 aromatic heterocycles. The Hall–Kier alpha value is -1.46. The molecule has 19 heavy (non-hydrogen) atoms. The standard InChI is InChI=1S/C13H14ClN3OS/c1-3-7-17-12(15-16-13(17)19)9(2)18-11-6-4-5-10(14)8-11/h3-6,8-9,12H,1,7H2,2H3. The number of hydrogen-bond acceptors (Lipinski definition) is 3. The minimum atomic E-state index is -0.232. The molecule has 0 spiro atoms. The highest BCUT2D eigenvalue weighted by Gasteiger charge is 2.31. The molecule has 2 unspecified atom stereocenters. The highest BCUT2D eigenvalue weighted by atomic mass is 35.5. The minimum absolute atomic E-state index is 0.192. The first-order valence-corrected chi connectivity index (χ1v) is 6.65. The molecule has 0 saturated carbocycles. The van der Waals surface area contributed by atoms with Crippen LogP contribution in [0.25, 0.3) is 0 Å². The Balaban J connectivity index is 2.07. The van der Waals surface area contributed by atoms with Crippen LogP contribution in [0.5, 0.6) is 5.75 Å². The Morgan fingerprint density at radius 1 is 1.63 bits per heavy atom. The molecule has 0 N–H and O–H groups in total. The van der Waals surface area contributed by atoms with Crippen LogP contribution in [-0.2, 0) is 0 Å². The molecule has 0 radical (unpaired) electrons. The number of rotatable bonds is 5. The van der Waals surface area contributed by atoms with Crippen LogP contribution in [0.4, 0.5) is 0 Å². The van der Waals surface area contributed by atoms with Crippen LogP contribution < -0.4 is 4.74 Å². The second-order valence-corrected chi connectivity index (χ2v) is 4.93. The molecule has 0 aliphatic carbocycles. The van der Waals surface area contributed by atoms with E-state index in [1.54, 1.807) is 18.2 Å². The minimum Gasteiger partial charge on any atom is -0.486 e. The summed E-state index contributed by atoms with van der Waals surface area (Å²) in [5.41, 5.74) is 0. The Morgan fingerprint density at radius 3 is 3.11 bits per heavy atom. The summed E-state index contributed by atoms with van der Waals surface area (Å²) in [7, 11) is 0. The monoisotopic (exact) mass is 295 g/mol. The summed E-state index contributed by atoms with van der Waals surface area (Å²) < 4.78 is 5.83. The van der Waals surface area contributed by atoms with Crippen molar-refractivity contribution in [1.29, 1.82) is 0 Å². The van der Waals surface area contributed by atoms with Gasteiger partial charge in [0.1, 0.15) is 11.9 Å². The van der Waals surface area contributed by atoms with E-state index in [1.807, 2.05) is 24.0 Å². The van der Waals surface area contributed by atoms with E-state index in [9.17, 15) is 0 Å². The maximum absolute atomic E-state index is 5.92. The summed E-state index contributed by atoms with van der Waals surface area (Å²) in [4.78, 5) is 1.87. The van der Waals surface area contributed by atoms with Gasteiger partial charge in [0.15, 0.2) is 6.17 Å². The van der Waals surface area contributed by atoms with Gasteiger partial charge in [-0.1, -0.05) is 23.7 Å². The largest absolute Gasteiger partial charge is 0.486 e. The van der Waals surface area contributed by atoms with Gasteiger partial charge in [0, 0.05) is 11.6 Å². The molecule has 1 aliphatic rings. The number of nitrogens with zero attached hydrogens (tertiary/aromatic N) is 3. The van der Waals surface area contributed by atoms with E-state index in [0.717, 1.165) is 0 Å². The van der Waals surface area contributed by atoms with E-state index in [1.165, 1.54) is 0 Å². The van der Waals surface area contributed by atoms with Gasteiger partial charge in [0.05, 0.1) is 0 Å². The molecule has 1 aromatic carbocycles. The third-order valence-corrected chi connectivity index (χ3v) is 3.24. The second-order valence-electron chi connectivity index (χ2n) is 4.13. The van der Waals surface area contributed by atoms with Crippen molar-refractivity contribution in [3.8, 4) is 5.75 Å². The van der Waals surface area contributed by atoms with Crippen molar-refractivity contribution in [1.82, 2.24) is 4.90 Å². The number of hydrogen-bond donors (Lipinski definition) is 0. The summed E-state index contributed by atoms with van der Waals surface area (Å²) in [6.45, 7) is 6.23. The van der Waals surface area contributed by atoms with Crippen LogP contribution in [0.3, 0.4) is 0 Å². The maximum atomic E-state index is 5.92. The zero-order valence-corrected chi connectivity index (χ0v) is 12.1. The normalized spacial score (nSPS) is 19.6. The van der Waals surface area contributed by atoms with Crippen LogP contribution in [0.15, 0.2) is 47.1 Å². The van der Waals surface area contributed by atoms with Crippen LogP contribution in [-0.4, -0.2) is 28.8 Å². The third-order valence-electron chi connectivity index (χ3n) is 2.69. The molecule has 6 heteroatoms. The number of halogens is 1. The zero-order chi connectivity index (χ0) is 13.8. The molecule has 1 aliphatic heterocycles. The van der Waals surface area contributed by atoms with Crippen molar-refractivity contribution in [2.45, 2.75) is 19.2 Å². The van der Waals surface area contributed by atoms with Gasteiger partial charge in [0.25, 0.3) is 0 Å². The molecule has 0 amide bonds. The fourth-order valence-electron chi connectivity index (χ4n) is 1.83. The van der Waals surface area contributed by atoms with Crippen molar-refractivity contribution in [2.75, 3.05) is 6.54 Å². The fraction of sp³-hybridized carbons (Fsp3) is 0.308. The lowest BCUT2D eigenvalue weighted by atomic mass is 10.2. The summed E-state index contributed by atoms with van der Waals surface area (Å²) in [6.07, 6.45) is 1.34. The molecule has 0 bridgehead atoms. The van der Waals surface area contributed by atoms with Crippen LogP contribution >= 0.6 is 23.8 Å². The lowest BCUT2D eigenvalue weighted by Gasteiger charge is -2.26. The third kappa shape index (κ3) is 3.30. The highest BCUT2D eigenvalue weighted by Crippen LogP contribution is 2.23. The number of thiocarbonyl (C=S) groups is 1. The van der Waals surface area contributed by atoms with Crippen molar-refractivity contribution in [2.24, 2.45) is 10.2 Å². The van der Waals surface area contributed by atoms with E-state index >= 15 is 0 Å². The average molecular weight is 296 g/mol. The molecule has 100 valence electrons. The van der Waals surface area contributed by atoms with Gasteiger partial charge in [-0.15, -0.1) is 11.7 Å². The molecular weight excluding hydrogens is 282 g/mol. The SMILES string of the molecule is C=CCN1C(=S)N=NC1C(C)Oc1cccc(Cl)c1. The van der Waals surface area contributed by atoms with Gasteiger partial charge in [-0.3, -0.25) is 0 Å². The zero-order valence-electron chi connectivity index (χ0n) is 10.5. The van der Waals surface area contributed by atoms with Gasteiger partial charge in [-0.25, -0.2) is 0 Å². The maximum Gasteiger partial charge on any atom is 0.218 e. The van der Waals surface area contributed by atoms with Crippen molar-refractivity contribution in [3.63, 3.8) is 0 Å². The molecule has 2 rings (SSSR count). The number of azo groups is 1. The molecule has 0 saturated heterocycles. The fourth-order valence-corrected chi connectivity index (χ4v) is 2.24. The lowest BCUT2D eigenvalue weighted by Crippen LogP contribution is -2.42. The quantitative estimate of drug-likeness (QED) is 0.614. The van der Waals surface area contributed by atoms with E-state index in [2.05, 4.69) is 16.8 Å². The Bertz CT molecular complexity index is 520. The summed E-state index contributed by atoms with van der Waals surface area (Å²) in [5.74, 6) is 0.701. The Morgan fingerprint density at radius 2 is 2.42 bits per heavy atom. The topological polar surface area (TPSA) is 37.2 Å². The molecule has 2 atom stereocenters. The van der Waals surface area contributed by atoms with Crippen molar-refractivity contribution < 1.29 is 4.74 Å². The molecule has 1 heterocycles. The van der Waals surface area contributed by atoms with Crippen molar-refractivity contribution in [3.05, 3.63) is 41.9 Å². The van der Waals surface area contributed by atoms with Crippen molar-refractivity contribution >= 4 is 28.9 Å². The molecule has 1 aromatic rings. The lowest BCUT2D eigenvalue weighted by molar-refractivity contribution is 0.136. The van der Waals surface area contributed by atoms with Crippen LogP contribution in [0, 0.1) is 0 Å². The molecule has 0 fully saturated rings. The number of benzene rings is 1. The highest BCUT2D eigenvalue weighted by molar-refractivity contribution is 7.80. The van der Waals surface area contributed by atoms with Gasteiger partial charge in [-0.05, 0) is 37.3 Å². The van der Waals surface area contributed by atoms with Crippen LogP contribution in [0.2, 0.25) is 5.02 Å². The first-order chi connectivity index (χ1) is 9.11. The van der Waals surface area contributed by atoms with E-state index in [0.29, 0.717) is 22.4 Å². The molecule has 4 nitrogen and oxygen atoms in total. The second kappa shape index (κ2) is 6.12. The average Bonchev–Trinajstić information content (AvgIpc) is 2.72. The smallest absolute Gasteiger partial charge is 0.218 e. The van der Waals surface area contributed by atoms with Crippen LogP contribution in [0.1, 0.15) is 6.92 Å². The van der Waals surface area contributed by atoms with E-state index in [-0.39, 0.29) is 12.3 Å². The predicted octanol–water partition coefficient (Wildman–Crippen LogP) is 3.67. The first-order valence-electron chi connectivity index (χ1n) is 5.86. The summed E-state index contributed by atoms with van der Waals surface area (Å²) in [6, 6.07) is 7.26. The summed E-state index contributed by atoms with van der Waals surface area (Å²) >= 11 is 11.1. The van der Waals surface area contributed by atoms with Gasteiger partial charge >= 0.3 is 0 Å². The molecular formula is C13H14ClN3OS.